The van der Waals surface area contributed by atoms with Crippen molar-refractivity contribution in [3.05, 3.63) is 0 Å². The molecule has 2 aliphatic rings. The molecule has 2 fully saturated rings. The molecule has 0 aromatic rings. The van der Waals surface area contributed by atoms with E-state index in [4.69, 9.17) is 13.6 Å². The molecular formula is C24H45NO8Si2. The molecule has 2 aliphatic heterocycles. The number of amides is 1. The zero-order valence-electron chi connectivity index (χ0n) is 23.2. The van der Waals surface area contributed by atoms with E-state index in [1.54, 1.807) is 6.92 Å². The Kier molecular flexibility index (Phi) is 8.58. The van der Waals surface area contributed by atoms with Crippen molar-refractivity contribution in [3.8, 4) is 0 Å². The zero-order valence-corrected chi connectivity index (χ0v) is 25.2. The van der Waals surface area contributed by atoms with Gasteiger partial charge in [0.05, 0.1) is 24.7 Å². The van der Waals surface area contributed by atoms with Crippen molar-refractivity contribution in [2.75, 3.05) is 6.61 Å². The van der Waals surface area contributed by atoms with E-state index in [9.17, 15) is 24.6 Å². The van der Waals surface area contributed by atoms with Crippen molar-refractivity contribution in [1.29, 1.82) is 0 Å². The molecule has 9 nitrogen and oxygen atoms in total. The molecule has 6 unspecified atom stereocenters. The van der Waals surface area contributed by atoms with Crippen molar-refractivity contribution >= 4 is 34.3 Å². The van der Waals surface area contributed by atoms with Crippen LogP contribution in [0.25, 0.3) is 0 Å². The quantitative estimate of drug-likeness (QED) is 0.361. The summed E-state index contributed by atoms with van der Waals surface area (Å²) in [6.45, 7) is 22.8. The number of aliphatic hydroxyl groups is 1. The fourth-order valence-electron chi connectivity index (χ4n) is 4.11. The number of ether oxygens (including phenoxy) is 1. The normalized spacial score (nSPS) is 28.5. The number of Topliss-reactive ketones (excluding diaryl/α,β-unsaturated/α-hetero) is 1. The van der Waals surface area contributed by atoms with E-state index in [0.29, 0.717) is 6.42 Å². The highest BCUT2D eigenvalue weighted by Gasteiger charge is 2.61. The van der Waals surface area contributed by atoms with E-state index in [1.165, 1.54) is 0 Å². The first-order valence-electron chi connectivity index (χ1n) is 12.4. The Bertz CT molecular complexity index is 832. The van der Waals surface area contributed by atoms with E-state index >= 15 is 0 Å². The van der Waals surface area contributed by atoms with Crippen LogP contribution in [0.1, 0.15) is 54.9 Å². The second kappa shape index (κ2) is 9.98. The van der Waals surface area contributed by atoms with Gasteiger partial charge in [-0.25, -0.2) is 4.79 Å². The summed E-state index contributed by atoms with van der Waals surface area (Å²) in [4.78, 5) is 39.2. The molecule has 1 amide bonds. The molecule has 0 aliphatic carbocycles. The molecule has 2 N–H and O–H groups in total. The second-order valence-corrected chi connectivity index (χ2v) is 22.4. The number of carboxylic acids is 1. The minimum Gasteiger partial charge on any atom is -0.478 e. The van der Waals surface area contributed by atoms with Crippen molar-refractivity contribution in [3.63, 3.8) is 0 Å². The van der Waals surface area contributed by atoms with Crippen molar-refractivity contribution in [2.24, 2.45) is 5.92 Å². The van der Waals surface area contributed by atoms with Crippen LogP contribution in [0, 0.1) is 5.92 Å². The fraction of sp³-hybridized carbons (Fsp3) is 0.875. The summed E-state index contributed by atoms with van der Waals surface area (Å²) < 4.78 is 18.7. The van der Waals surface area contributed by atoms with E-state index in [1.807, 2.05) is 0 Å². The molecule has 0 aromatic carbocycles. The number of ketones is 1. The summed E-state index contributed by atoms with van der Waals surface area (Å²) >= 11 is 0. The number of aliphatic hydroxyl groups excluding tert-OH is 1. The third-order valence-corrected chi connectivity index (χ3v) is 17.4. The smallest absolute Gasteiger partial charge is 0.354 e. The van der Waals surface area contributed by atoms with E-state index in [0.717, 1.165) is 4.90 Å². The Hall–Kier alpha value is -1.12. The van der Waals surface area contributed by atoms with Gasteiger partial charge in [0.25, 0.3) is 0 Å². The summed E-state index contributed by atoms with van der Waals surface area (Å²) in [5.74, 6) is -3.23. The Morgan fingerprint density at radius 2 is 1.57 bits per heavy atom. The van der Waals surface area contributed by atoms with Crippen LogP contribution in [-0.4, -0.2) is 86.6 Å². The van der Waals surface area contributed by atoms with Crippen LogP contribution in [0.4, 0.5) is 0 Å². The highest BCUT2D eigenvalue weighted by Crippen LogP contribution is 2.43. The highest BCUT2D eigenvalue weighted by molar-refractivity contribution is 6.74. The van der Waals surface area contributed by atoms with Gasteiger partial charge in [0.2, 0.25) is 12.1 Å². The van der Waals surface area contributed by atoms with Gasteiger partial charge in [-0.1, -0.05) is 41.5 Å². The third kappa shape index (κ3) is 5.90. The number of carboxylic acid groups (broad SMARTS) is 1. The number of nitrogens with zero attached hydrogens (tertiary/aromatic N) is 1. The lowest BCUT2D eigenvalue weighted by Gasteiger charge is -2.54. The Morgan fingerprint density at radius 1 is 1.06 bits per heavy atom. The number of β-lactam (4-membered cyclic amide) rings is 1. The third-order valence-electron chi connectivity index (χ3n) is 8.33. The molecule has 11 heteroatoms. The minimum atomic E-state index is -2.27. The molecule has 0 bridgehead atoms. The first kappa shape index (κ1) is 30.1. The van der Waals surface area contributed by atoms with E-state index in [-0.39, 0.29) is 22.5 Å². The average Bonchev–Trinajstić information content (AvgIpc) is 2.65. The van der Waals surface area contributed by atoms with Gasteiger partial charge in [0.15, 0.2) is 22.4 Å². The lowest BCUT2D eigenvalue weighted by atomic mass is 9.77. The topological polar surface area (TPSA) is 123 Å². The fourth-order valence-corrected chi connectivity index (χ4v) is 6.84. The van der Waals surface area contributed by atoms with Gasteiger partial charge in [0.1, 0.15) is 12.2 Å². The molecule has 2 heterocycles. The van der Waals surface area contributed by atoms with Crippen molar-refractivity contribution in [2.45, 2.75) is 122 Å². The van der Waals surface area contributed by atoms with Crippen molar-refractivity contribution < 1.29 is 38.2 Å². The Labute approximate surface area is 211 Å². The predicted octanol–water partition coefficient (Wildman–Crippen LogP) is 3.38. The number of likely N-dealkylation sites (tertiary alicyclic amines) is 1. The van der Waals surface area contributed by atoms with Gasteiger partial charge in [-0.05, 0) is 43.2 Å². The number of rotatable bonds is 8. The molecule has 0 spiro atoms. The van der Waals surface area contributed by atoms with Crippen LogP contribution >= 0.6 is 0 Å². The maximum Gasteiger partial charge on any atom is 0.354 e. The average molecular weight is 532 g/mol. The predicted molar refractivity (Wildman–Crippen MR) is 137 cm³/mol. The summed E-state index contributed by atoms with van der Waals surface area (Å²) in [6, 6.07) is -0.952. The molecule has 6 atom stereocenters. The summed E-state index contributed by atoms with van der Waals surface area (Å²) in [7, 11) is -4.54. The van der Waals surface area contributed by atoms with Gasteiger partial charge in [0, 0.05) is 6.42 Å². The molecule has 202 valence electrons. The summed E-state index contributed by atoms with van der Waals surface area (Å²) in [5, 5.41) is 19.5. The first-order valence-corrected chi connectivity index (χ1v) is 18.2. The number of carbonyl (C=O) groups is 3. The maximum atomic E-state index is 13.6. The van der Waals surface area contributed by atoms with Gasteiger partial charge in [-0.2, -0.15) is 0 Å². The molecule has 0 saturated carbocycles. The lowest BCUT2D eigenvalue weighted by Crippen LogP contribution is -2.75. The number of hydrogen-bond acceptors (Lipinski definition) is 7. The highest BCUT2D eigenvalue weighted by atomic mass is 28.4. The minimum absolute atomic E-state index is 0.104. The zero-order chi connectivity index (χ0) is 27.3. The second-order valence-electron chi connectivity index (χ2n) is 12.9. The molecule has 2 saturated heterocycles. The molecule has 0 aromatic heterocycles. The van der Waals surface area contributed by atoms with Crippen molar-refractivity contribution in [1.82, 2.24) is 4.90 Å². The van der Waals surface area contributed by atoms with Gasteiger partial charge in [-0.3, -0.25) is 9.59 Å². The maximum absolute atomic E-state index is 13.6. The summed E-state index contributed by atoms with van der Waals surface area (Å²) in [6.07, 6.45) is -4.05. The van der Waals surface area contributed by atoms with Crippen LogP contribution in [0.5, 0.6) is 0 Å². The molecule has 35 heavy (non-hydrogen) atoms. The SMILES string of the molecule is CC(O[Si](C)(C)C(C)(C)C)C1C(=O)N(C(O)C(=O)O)C1C1OCCC(O[Si](C)(C)C(C)(C)C)C1=O. The number of hydrogen-bond donors (Lipinski definition) is 2. The standard InChI is InChI=1S/C24H45NO8Si2/c1-14(32-34(8,9)23(2,3)4)16-17(25(20(16)27)21(28)22(29)30)19-18(26)15(12-13-31-19)33-35(10,11)24(5,6)7/h14-17,19,21,28H,12-13H2,1-11H3,(H,29,30). The molecule has 0 radical (unpaired) electrons. The van der Waals surface area contributed by atoms with Crippen LogP contribution < -0.4 is 0 Å². The number of carbonyl (C=O) groups excluding carboxylic acids is 2. The monoisotopic (exact) mass is 531 g/mol. The van der Waals surface area contributed by atoms with Gasteiger partial charge in [-0.15, -0.1) is 0 Å². The van der Waals surface area contributed by atoms with E-state index < -0.39 is 65.0 Å². The van der Waals surface area contributed by atoms with Crippen LogP contribution in [0.2, 0.25) is 36.3 Å². The molecule has 2 rings (SSSR count). The number of aliphatic carboxylic acids is 1. The van der Waals surface area contributed by atoms with Gasteiger partial charge >= 0.3 is 5.97 Å². The Morgan fingerprint density at radius 3 is 2.03 bits per heavy atom. The lowest BCUT2D eigenvalue weighted by molar-refractivity contribution is -0.210. The van der Waals surface area contributed by atoms with Crippen LogP contribution in [0.3, 0.4) is 0 Å². The molecular weight excluding hydrogens is 486 g/mol. The van der Waals surface area contributed by atoms with E-state index in [2.05, 4.69) is 67.7 Å². The largest absolute Gasteiger partial charge is 0.478 e. The van der Waals surface area contributed by atoms with Crippen LogP contribution in [-0.2, 0) is 28.0 Å². The first-order chi connectivity index (χ1) is 15.6. The van der Waals surface area contributed by atoms with Gasteiger partial charge < -0.3 is 28.7 Å². The van der Waals surface area contributed by atoms with Crippen LogP contribution in [0.15, 0.2) is 0 Å². The Balaban J connectivity index is 2.37. The summed E-state index contributed by atoms with van der Waals surface area (Å²) in [5.41, 5.74) is 0.